The Kier molecular flexibility index (Phi) is 2.83. The van der Waals surface area contributed by atoms with Gasteiger partial charge in [0, 0.05) is 5.02 Å². The van der Waals surface area contributed by atoms with E-state index in [1.54, 1.807) is 24.3 Å². The molecule has 2 N–H and O–H groups in total. The molecule has 0 unspecified atom stereocenters. The van der Waals surface area contributed by atoms with E-state index in [9.17, 15) is 4.79 Å². The smallest absolute Gasteiger partial charge is 0.329 e. The number of nitrogens with zero attached hydrogens (tertiary/aromatic N) is 1. The molecule has 0 spiro atoms. The van der Waals surface area contributed by atoms with E-state index in [1.165, 1.54) is 0 Å². The molecule has 0 radical (unpaired) electrons. The van der Waals surface area contributed by atoms with Gasteiger partial charge in [-0.1, -0.05) is 24.4 Å². The fourth-order valence-electron chi connectivity index (χ4n) is 0.710. The second kappa shape index (κ2) is 3.69. The number of rotatable bonds is 1. The number of primary amides is 1. The van der Waals surface area contributed by atoms with Crippen LogP contribution in [0.4, 0.5) is 10.5 Å². The van der Waals surface area contributed by atoms with Crippen LogP contribution >= 0.6 is 24.4 Å². The predicted octanol–water partition coefficient (Wildman–Crippen LogP) is 2.07. The Morgan fingerprint density at radius 2 is 1.92 bits per heavy atom. The molecular weight excluding hydrogens is 196 g/mol. The molecule has 0 fully saturated rings. The summed E-state index contributed by atoms with van der Waals surface area (Å²) in [5.41, 5.74) is 5.58. The second-order valence-corrected chi connectivity index (χ2v) is 2.96. The highest BCUT2D eigenvalue weighted by Gasteiger charge is 2.05. The molecule has 1 rings (SSSR count). The number of thiol groups is 1. The van der Waals surface area contributed by atoms with Crippen LogP contribution in [-0.4, -0.2) is 6.03 Å². The fraction of sp³-hybridized carbons (Fsp3) is 0. The van der Waals surface area contributed by atoms with Crippen molar-refractivity contribution >= 4 is 36.1 Å². The SMILES string of the molecule is NC(=O)N(S)c1ccc(Cl)cc1. The standard InChI is InChI=1S/C7H7ClN2OS/c8-5-1-3-6(4-2-5)10(12)7(9)11/h1-4,12H,(H2,9,11). The van der Waals surface area contributed by atoms with Crippen LogP contribution in [0.1, 0.15) is 0 Å². The maximum atomic E-state index is 10.6. The monoisotopic (exact) mass is 202 g/mol. The number of nitrogens with two attached hydrogens (primary N) is 1. The number of carbonyl (C=O) groups is 1. The quantitative estimate of drug-likeness (QED) is 0.673. The van der Waals surface area contributed by atoms with Crippen molar-refractivity contribution in [2.75, 3.05) is 4.31 Å². The molecule has 0 saturated carbocycles. The van der Waals surface area contributed by atoms with Gasteiger partial charge in [-0.25, -0.2) is 9.10 Å². The van der Waals surface area contributed by atoms with Crippen LogP contribution in [-0.2, 0) is 0 Å². The average molecular weight is 203 g/mol. The Bertz CT molecular complexity index is 288. The summed E-state index contributed by atoms with van der Waals surface area (Å²) in [6.07, 6.45) is 0. The van der Waals surface area contributed by atoms with E-state index in [0.29, 0.717) is 10.7 Å². The van der Waals surface area contributed by atoms with Crippen LogP contribution in [0.25, 0.3) is 0 Å². The summed E-state index contributed by atoms with van der Waals surface area (Å²) in [5, 5.41) is 0.602. The number of amides is 2. The van der Waals surface area contributed by atoms with Gasteiger partial charge in [0.1, 0.15) is 0 Å². The lowest BCUT2D eigenvalue weighted by atomic mass is 10.3. The lowest BCUT2D eigenvalue weighted by Gasteiger charge is -2.11. The van der Waals surface area contributed by atoms with Gasteiger partial charge < -0.3 is 5.73 Å². The number of halogens is 1. The van der Waals surface area contributed by atoms with Crippen molar-refractivity contribution in [3.63, 3.8) is 0 Å². The molecule has 1 aromatic rings. The van der Waals surface area contributed by atoms with Gasteiger partial charge in [-0.2, -0.15) is 0 Å². The molecule has 0 saturated heterocycles. The minimum Gasteiger partial charge on any atom is -0.350 e. The zero-order chi connectivity index (χ0) is 9.14. The molecule has 0 aliphatic carbocycles. The zero-order valence-corrected chi connectivity index (χ0v) is 7.72. The van der Waals surface area contributed by atoms with Crippen molar-refractivity contribution in [1.82, 2.24) is 0 Å². The van der Waals surface area contributed by atoms with Crippen LogP contribution in [0.2, 0.25) is 5.02 Å². The van der Waals surface area contributed by atoms with Crippen LogP contribution in [0.5, 0.6) is 0 Å². The van der Waals surface area contributed by atoms with Crippen molar-refractivity contribution < 1.29 is 4.79 Å². The third-order valence-electron chi connectivity index (χ3n) is 1.28. The summed E-state index contributed by atoms with van der Waals surface area (Å²) >= 11 is 9.50. The van der Waals surface area contributed by atoms with Gasteiger partial charge in [0.05, 0.1) is 5.69 Å². The van der Waals surface area contributed by atoms with E-state index in [2.05, 4.69) is 12.8 Å². The number of anilines is 1. The summed E-state index contributed by atoms with van der Waals surface area (Å²) in [5.74, 6) is 0. The third-order valence-corrected chi connectivity index (χ3v) is 1.96. The van der Waals surface area contributed by atoms with Gasteiger partial charge in [0.15, 0.2) is 0 Å². The van der Waals surface area contributed by atoms with Crippen molar-refractivity contribution in [2.45, 2.75) is 0 Å². The van der Waals surface area contributed by atoms with E-state index < -0.39 is 6.03 Å². The van der Waals surface area contributed by atoms with Gasteiger partial charge in [0.25, 0.3) is 0 Å². The van der Waals surface area contributed by atoms with Crippen LogP contribution in [0, 0.1) is 0 Å². The summed E-state index contributed by atoms with van der Waals surface area (Å²) in [6, 6.07) is 5.99. The normalized spacial score (nSPS) is 9.50. The molecule has 0 bridgehead atoms. The first-order valence-electron chi connectivity index (χ1n) is 3.15. The largest absolute Gasteiger partial charge is 0.350 e. The molecule has 64 valence electrons. The Labute approximate surface area is 80.7 Å². The molecule has 3 nitrogen and oxygen atoms in total. The van der Waals surface area contributed by atoms with Crippen molar-refractivity contribution in [3.05, 3.63) is 29.3 Å². The molecular formula is C7H7ClN2OS. The number of carbonyl (C=O) groups excluding carboxylic acids is 1. The number of urea groups is 1. The molecule has 0 aromatic heterocycles. The minimum absolute atomic E-state index is 0.593. The molecule has 0 heterocycles. The topological polar surface area (TPSA) is 46.3 Å². The van der Waals surface area contributed by atoms with Crippen molar-refractivity contribution in [2.24, 2.45) is 5.73 Å². The van der Waals surface area contributed by atoms with Crippen LogP contribution < -0.4 is 10.0 Å². The van der Waals surface area contributed by atoms with E-state index in [4.69, 9.17) is 17.3 Å². The predicted molar refractivity (Wildman–Crippen MR) is 52.5 cm³/mol. The van der Waals surface area contributed by atoms with Gasteiger partial charge in [-0.15, -0.1) is 0 Å². The summed E-state index contributed by atoms with van der Waals surface area (Å²) < 4.78 is 1.04. The highest BCUT2D eigenvalue weighted by molar-refractivity contribution is 7.82. The van der Waals surface area contributed by atoms with E-state index in [0.717, 1.165) is 4.31 Å². The third kappa shape index (κ3) is 2.06. The van der Waals surface area contributed by atoms with E-state index in [1.807, 2.05) is 0 Å². The molecule has 0 aliphatic rings. The molecule has 5 heteroatoms. The van der Waals surface area contributed by atoms with Crippen LogP contribution in [0.15, 0.2) is 24.3 Å². The molecule has 0 aliphatic heterocycles. The van der Waals surface area contributed by atoms with E-state index in [-0.39, 0.29) is 0 Å². The highest BCUT2D eigenvalue weighted by atomic mass is 35.5. The Morgan fingerprint density at radius 1 is 1.42 bits per heavy atom. The Balaban J connectivity index is 2.89. The summed E-state index contributed by atoms with van der Waals surface area (Å²) in [4.78, 5) is 10.6. The van der Waals surface area contributed by atoms with Crippen molar-refractivity contribution in [1.29, 1.82) is 0 Å². The zero-order valence-electron chi connectivity index (χ0n) is 6.07. The van der Waals surface area contributed by atoms with Gasteiger partial charge in [0.2, 0.25) is 0 Å². The average Bonchev–Trinajstić information content (AvgIpc) is 2.04. The maximum absolute atomic E-state index is 10.6. The fourth-order valence-corrected chi connectivity index (χ4v) is 0.969. The number of benzene rings is 1. The first kappa shape index (κ1) is 9.22. The Morgan fingerprint density at radius 3 is 2.33 bits per heavy atom. The first-order chi connectivity index (χ1) is 5.61. The van der Waals surface area contributed by atoms with Crippen molar-refractivity contribution in [3.8, 4) is 0 Å². The maximum Gasteiger partial charge on any atom is 0.329 e. The number of hydrogen-bond acceptors (Lipinski definition) is 2. The lowest BCUT2D eigenvalue weighted by Crippen LogP contribution is -2.26. The van der Waals surface area contributed by atoms with E-state index >= 15 is 0 Å². The van der Waals surface area contributed by atoms with Gasteiger partial charge >= 0.3 is 6.03 Å². The molecule has 1 aromatic carbocycles. The number of hydrogen-bond donors (Lipinski definition) is 2. The first-order valence-corrected chi connectivity index (χ1v) is 3.93. The summed E-state index contributed by atoms with van der Waals surface area (Å²) in [7, 11) is 0. The summed E-state index contributed by atoms with van der Waals surface area (Å²) in [6.45, 7) is 0. The van der Waals surface area contributed by atoms with Gasteiger partial charge in [-0.05, 0) is 24.3 Å². The molecule has 2 amide bonds. The molecule has 12 heavy (non-hydrogen) atoms. The van der Waals surface area contributed by atoms with Gasteiger partial charge in [-0.3, -0.25) is 0 Å². The molecule has 0 atom stereocenters. The highest BCUT2D eigenvalue weighted by Crippen LogP contribution is 2.18. The Hall–Kier alpha value is -0.870. The second-order valence-electron chi connectivity index (χ2n) is 2.13. The minimum atomic E-state index is -0.624. The van der Waals surface area contributed by atoms with Crippen LogP contribution in [0.3, 0.4) is 0 Å². The lowest BCUT2D eigenvalue weighted by molar-refractivity contribution is 0.257.